The smallest absolute Gasteiger partial charge is 0.274 e. The number of carbonyl (C=O) groups excluding carboxylic acids is 1. The summed E-state index contributed by atoms with van der Waals surface area (Å²) in [4.78, 5) is 22.7. The lowest BCUT2D eigenvalue weighted by atomic mass is 9.86. The molecule has 1 aliphatic carbocycles. The van der Waals surface area contributed by atoms with Crippen LogP contribution >= 0.6 is 0 Å². The first-order valence-electron chi connectivity index (χ1n) is 13.1. The van der Waals surface area contributed by atoms with Crippen LogP contribution in [0.1, 0.15) is 101 Å². The molecule has 1 saturated heterocycles. The first kappa shape index (κ1) is 23.1. The van der Waals surface area contributed by atoms with Crippen molar-refractivity contribution in [3.8, 4) is 0 Å². The maximum Gasteiger partial charge on any atom is 0.274 e. The Kier molecular flexibility index (Phi) is 8.04. The molecule has 6 heteroatoms. The second-order valence-corrected chi connectivity index (χ2v) is 9.81. The lowest BCUT2D eigenvalue weighted by Crippen LogP contribution is -2.32. The fourth-order valence-electron chi connectivity index (χ4n) is 5.45. The molecule has 2 aliphatic rings. The molecule has 2 aromatic rings. The van der Waals surface area contributed by atoms with Gasteiger partial charge in [-0.15, -0.1) is 0 Å². The molecule has 0 unspecified atom stereocenters. The van der Waals surface area contributed by atoms with Gasteiger partial charge in [-0.3, -0.25) is 4.79 Å². The first-order chi connectivity index (χ1) is 15.7. The van der Waals surface area contributed by atoms with E-state index in [0.29, 0.717) is 5.69 Å². The van der Waals surface area contributed by atoms with Crippen LogP contribution in [0.5, 0.6) is 0 Å². The lowest BCUT2D eigenvalue weighted by molar-refractivity contribution is 0.0755. The van der Waals surface area contributed by atoms with E-state index < -0.39 is 0 Å². The monoisotopic (exact) mass is 439 g/mol. The van der Waals surface area contributed by atoms with Crippen LogP contribution in [-0.2, 0) is 6.42 Å². The van der Waals surface area contributed by atoms with Crippen molar-refractivity contribution in [2.75, 3.05) is 31.1 Å². The molecule has 32 heavy (non-hydrogen) atoms. The third-order valence-corrected chi connectivity index (χ3v) is 7.11. The second kappa shape index (κ2) is 11.2. The molecule has 1 aliphatic heterocycles. The van der Waals surface area contributed by atoms with E-state index in [1.807, 2.05) is 15.5 Å². The van der Waals surface area contributed by atoms with E-state index in [1.54, 1.807) is 0 Å². The number of hydrogen-bond acceptors (Lipinski definition) is 4. The highest BCUT2D eigenvalue weighted by atomic mass is 16.2. The zero-order valence-corrected chi connectivity index (χ0v) is 20.2. The van der Waals surface area contributed by atoms with Gasteiger partial charge < -0.3 is 9.80 Å². The van der Waals surface area contributed by atoms with Gasteiger partial charge in [-0.05, 0) is 38.0 Å². The molecule has 2 aromatic heterocycles. The van der Waals surface area contributed by atoms with Crippen molar-refractivity contribution >= 4 is 17.4 Å². The third-order valence-electron chi connectivity index (χ3n) is 7.11. The first-order valence-corrected chi connectivity index (χ1v) is 13.1. The van der Waals surface area contributed by atoms with Crippen molar-refractivity contribution in [1.29, 1.82) is 0 Å². The van der Waals surface area contributed by atoms with Crippen molar-refractivity contribution in [1.82, 2.24) is 19.5 Å². The molecule has 0 aromatic carbocycles. The summed E-state index contributed by atoms with van der Waals surface area (Å²) in [6, 6.07) is 4.18. The molecule has 4 rings (SSSR count). The van der Waals surface area contributed by atoms with Crippen LogP contribution < -0.4 is 4.90 Å². The Bertz CT molecular complexity index is 872. The summed E-state index contributed by atoms with van der Waals surface area (Å²) >= 11 is 0. The second-order valence-electron chi connectivity index (χ2n) is 9.81. The van der Waals surface area contributed by atoms with E-state index in [2.05, 4.69) is 24.8 Å². The summed E-state index contributed by atoms with van der Waals surface area (Å²) in [6.45, 7) is 8.12. The van der Waals surface area contributed by atoms with Crippen molar-refractivity contribution in [2.45, 2.75) is 90.9 Å². The highest BCUT2D eigenvalue weighted by Gasteiger charge is 2.23. The van der Waals surface area contributed by atoms with Crippen LogP contribution in [0.25, 0.3) is 5.65 Å². The third kappa shape index (κ3) is 5.44. The number of anilines is 1. The molecule has 6 nitrogen and oxygen atoms in total. The highest BCUT2D eigenvalue weighted by molar-refractivity contribution is 5.93. The van der Waals surface area contributed by atoms with Crippen LogP contribution in [0.3, 0.4) is 0 Å². The summed E-state index contributed by atoms with van der Waals surface area (Å²) in [5, 5.41) is 4.81. The molecule has 0 spiro atoms. The number of aromatic nitrogens is 3. The zero-order valence-electron chi connectivity index (χ0n) is 20.2. The van der Waals surface area contributed by atoms with Gasteiger partial charge in [-0.1, -0.05) is 58.8 Å². The molecule has 3 heterocycles. The summed E-state index contributed by atoms with van der Waals surface area (Å²) in [5.74, 6) is 1.90. The van der Waals surface area contributed by atoms with Crippen LogP contribution in [0.2, 0.25) is 0 Å². The van der Waals surface area contributed by atoms with E-state index >= 15 is 0 Å². The SMILES string of the molecule is CCCN(CCC)c1cc(CC2CCCCC2)nc2cc(C(=O)N3CCCCCC3)nn12. The fraction of sp³-hybridized carbons (Fsp3) is 0.731. The fourth-order valence-corrected chi connectivity index (χ4v) is 5.45. The Morgan fingerprint density at radius 2 is 1.62 bits per heavy atom. The predicted molar refractivity (Wildman–Crippen MR) is 130 cm³/mol. The summed E-state index contributed by atoms with van der Waals surface area (Å²) < 4.78 is 1.93. The Labute approximate surface area is 193 Å². The highest BCUT2D eigenvalue weighted by Crippen LogP contribution is 2.28. The van der Waals surface area contributed by atoms with Gasteiger partial charge in [-0.2, -0.15) is 9.61 Å². The average molecular weight is 440 g/mol. The number of amides is 1. The van der Waals surface area contributed by atoms with Crippen LogP contribution in [0.4, 0.5) is 5.82 Å². The van der Waals surface area contributed by atoms with E-state index in [-0.39, 0.29) is 5.91 Å². The average Bonchev–Trinajstić information content (AvgIpc) is 3.04. The number of rotatable bonds is 8. The number of carbonyl (C=O) groups is 1. The van der Waals surface area contributed by atoms with Gasteiger partial charge in [0.05, 0.1) is 0 Å². The van der Waals surface area contributed by atoms with Crippen LogP contribution in [-0.4, -0.2) is 51.6 Å². The zero-order chi connectivity index (χ0) is 22.3. The van der Waals surface area contributed by atoms with Gasteiger partial charge in [-0.25, -0.2) is 4.98 Å². The molecular formula is C26H41N5O. The predicted octanol–water partition coefficient (Wildman–Crippen LogP) is 5.49. The van der Waals surface area contributed by atoms with E-state index in [0.717, 1.165) is 81.4 Å². The molecule has 0 N–H and O–H groups in total. The summed E-state index contributed by atoms with van der Waals surface area (Å²) in [7, 11) is 0. The maximum atomic E-state index is 13.3. The maximum absolute atomic E-state index is 13.3. The topological polar surface area (TPSA) is 53.7 Å². The summed E-state index contributed by atoms with van der Waals surface area (Å²) in [5.41, 5.74) is 2.53. The van der Waals surface area contributed by atoms with Crippen molar-refractivity contribution in [2.24, 2.45) is 5.92 Å². The number of fused-ring (bicyclic) bond motifs is 1. The van der Waals surface area contributed by atoms with Crippen LogP contribution in [0.15, 0.2) is 12.1 Å². The Morgan fingerprint density at radius 3 is 2.28 bits per heavy atom. The van der Waals surface area contributed by atoms with E-state index in [9.17, 15) is 4.79 Å². The van der Waals surface area contributed by atoms with Crippen molar-refractivity contribution in [3.63, 3.8) is 0 Å². The quantitative estimate of drug-likeness (QED) is 0.545. The summed E-state index contributed by atoms with van der Waals surface area (Å²) in [6.07, 6.45) is 14.5. The van der Waals surface area contributed by atoms with Crippen molar-refractivity contribution < 1.29 is 4.79 Å². The minimum Gasteiger partial charge on any atom is -0.356 e. The normalized spacial score (nSPS) is 18.1. The van der Waals surface area contributed by atoms with Gasteiger partial charge in [0.25, 0.3) is 5.91 Å². The molecule has 0 bridgehead atoms. The minimum absolute atomic E-state index is 0.0645. The van der Waals surface area contributed by atoms with Gasteiger partial charge in [0.2, 0.25) is 0 Å². The van der Waals surface area contributed by atoms with E-state index in [4.69, 9.17) is 10.1 Å². The minimum atomic E-state index is 0.0645. The molecule has 0 atom stereocenters. The van der Waals surface area contributed by atoms with Gasteiger partial charge in [0.1, 0.15) is 5.82 Å². The number of likely N-dealkylation sites (tertiary alicyclic amines) is 1. The number of nitrogens with zero attached hydrogens (tertiary/aromatic N) is 5. The molecule has 2 fully saturated rings. The molecule has 1 amide bonds. The molecule has 0 radical (unpaired) electrons. The van der Waals surface area contributed by atoms with Crippen molar-refractivity contribution in [3.05, 3.63) is 23.5 Å². The Balaban J connectivity index is 1.68. The standard InChI is InChI=1S/C26H41N5O/c1-3-14-29(15-4-2)25-19-22(18-21-12-8-7-9-13-21)27-24-20-23(28-31(24)25)26(32)30-16-10-5-6-11-17-30/h19-21H,3-18H2,1-2H3. The Morgan fingerprint density at radius 1 is 0.969 bits per heavy atom. The van der Waals surface area contributed by atoms with Gasteiger partial charge in [0, 0.05) is 44.0 Å². The van der Waals surface area contributed by atoms with E-state index in [1.165, 1.54) is 44.9 Å². The van der Waals surface area contributed by atoms with Crippen LogP contribution in [0, 0.1) is 5.92 Å². The Hall–Kier alpha value is -2.11. The van der Waals surface area contributed by atoms with Gasteiger partial charge in [0.15, 0.2) is 11.3 Å². The molecular weight excluding hydrogens is 398 g/mol. The number of hydrogen-bond donors (Lipinski definition) is 0. The lowest BCUT2D eigenvalue weighted by Gasteiger charge is -2.26. The molecule has 1 saturated carbocycles. The molecule has 176 valence electrons. The largest absolute Gasteiger partial charge is 0.356 e. The van der Waals surface area contributed by atoms with Gasteiger partial charge >= 0.3 is 0 Å².